The van der Waals surface area contributed by atoms with Gasteiger partial charge in [0.1, 0.15) is 17.9 Å². The fourth-order valence-electron chi connectivity index (χ4n) is 1.90. The fraction of sp³-hybridized carbons (Fsp3) is 0.188. The van der Waals surface area contributed by atoms with Crippen molar-refractivity contribution in [1.82, 2.24) is 0 Å². The molecule has 0 atom stereocenters. The Kier molecular flexibility index (Phi) is 5.22. The molecule has 2 aromatic rings. The molecule has 0 saturated heterocycles. The number of ether oxygens (including phenoxy) is 1. The molecule has 0 radical (unpaired) electrons. The van der Waals surface area contributed by atoms with E-state index in [1.807, 2.05) is 25.1 Å². The Morgan fingerprint density at radius 3 is 2.81 bits per heavy atom. The summed E-state index contributed by atoms with van der Waals surface area (Å²) in [6.07, 6.45) is 0. The highest BCUT2D eigenvalue weighted by Crippen LogP contribution is 2.21. The Hall–Kier alpha value is -2.01. The molecule has 0 fully saturated rings. The van der Waals surface area contributed by atoms with E-state index in [0.29, 0.717) is 18.9 Å². The molecule has 0 unspecified atom stereocenters. The number of halogens is 1. The average Bonchev–Trinajstić information content (AvgIpc) is 2.47. The van der Waals surface area contributed by atoms with Crippen molar-refractivity contribution >= 4 is 27.6 Å². The SMILES string of the molecule is Cc1ccc(Br)cc1NCCOc1ccccc1C(=O)O. The molecule has 2 aromatic carbocycles. The van der Waals surface area contributed by atoms with Gasteiger partial charge in [-0.05, 0) is 36.8 Å². The van der Waals surface area contributed by atoms with Crippen LogP contribution in [0.3, 0.4) is 0 Å². The lowest BCUT2D eigenvalue weighted by Gasteiger charge is -2.12. The van der Waals surface area contributed by atoms with E-state index in [1.165, 1.54) is 6.07 Å². The smallest absolute Gasteiger partial charge is 0.339 e. The first-order chi connectivity index (χ1) is 10.1. The zero-order chi connectivity index (χ0) is 15.2. The van der Waals surface area contributed by atoms with Crippen LogP contribution in [0.2, 0.25) is 0 Å². The third-order valence-electron chi connectivity index (χ3n) is 2.99. The monoisotopic (exact) mass is 349 g/mol. The van der Waals surface area contributed by atoms with Crippen LogP contribution in [0.1, 0.15) is 15.9 Å². The second-order valence-electron chi connectivity index (χ2n) is 4.54. The van der Waals surface area contributed by atoms with Crippen LogP contribution in [0.25, 0.3) is 0 Å². The molecule has 5 heteroatoms. The van der Waals surface area contributed by atoms with Gasteiger partial charge in [-0.2, -0.15) is 0 Å². The number of aromatic carboxylic acids is 1. The Morgan fingerprint density at radius 1 is 1.29 bits per heavy atom. The van der Waals surface area contributed by atoms with Crippen LogP contribution < -0.4 is 10.1 Å². The van der Waals surface area contributed by atoms with Crippen LogP contribution in [-0.4, -0.2) is 24.2 Å². The van der Waals surface area contributed by atoms with Crippen LogP contribution >= 0.6 is 15.9 Å². The van der Waals surface area contributed by atoms with Crippen molar-refractivity contribution in [2.24, 2.45) is 0 Å². The van der Waals surface area contributed by atoms with E-state index >= 15 is 0 Å². The second-order valence-corrected chi connectivity index (χ2v) is 5.45. The van der Waals surface area contributed by atoms with E-state index in [2.05, 4.69) is 21.2 Å². The maximum atomic E-state index is 11.1. The molecule has 2 rings (SSSR count). The summed E-state index contributed by atoms with van der Waals surface area (Å²) in [7, 11) is 0. The van der Waals surface area contributed by atoms with E-state index in [9.17, 15) is 4.79 Å². The zero-order valence-electron chi connectivity index (χ0n) is 11.6. The van der Waals surface area contributed by atoms with Gasteiger partial charge in [0.15, 0.2) is 0 Å². The second kappa shape index (κ2) is 7.13. The number of rotatable bonds is 6. The van der Waals surface area contributed by atoms with Gasteiger partial charge >= 0.3 is 5.97 Å². The summed E-state index contributed by atoms with van der Waals surface area (Å²) in [6.45, 7) is 3.00. The summed E-state index contributed by atoms with van der Waals surface area (Å²) in [5.41, 5.74) is 2.35. The highest BCUT2D eigenvalue weighted by Gasteiger charge is 2.09. The third kappa shape index (κ3) is 4.23. The molecule has 0 aliphatic carbocycles. The van der Waals surface area contributed by atoms with Gasteiger partial charge in [0.05, 0.1) is 0 Å². The highest BCUT2D eigenvalue weighted by molar-refractivity contribution is 9.10. The quantitative estimate of drug-likeness (QED) is 0.775. The van der Waals surface area contributed by atoms with Crippen molar-refractivity contribution in [3.63, 3.8) is 0 Å². The summed E-state index contributed by atoms with van der Waals surface area (Å²) in [5, 5.41) is 12.3. The summed E-state index contributed by atoms with van der Waals surface area (Å²) in [6, 6.07) is 12.6. The molecule has 0 spiro atoms. The van der Waals surface area contributed by atoms with Gasteiger partial charge in [0.2, 0.25) is 0 Å². The van der Waals surface area contributed by atoms with E-state index in [-0.39, 0.29) is 5.56 Å². The van der Waals surface area contributed by atoms with Crippen LogP contribution in [0, 0.1) is 6.92 Å². The van der Waals surface area contributed by atoms with Crippen molar-refractivity contribution in [2.75, 3.05) is 18.5 Å². The first-order valence-corrected chi connectivity index (χ1v) is 7.32. The van der Waals surface area contributed by atoms with Crippen molar-refractivity contribution in [3.8, 4) is 5.75 Å². The predicted octanol–water partition coefficient (Wildman–Crippen LogP) is 3.95. The lowest BCUT2D eigenvalue weighted by molar-refractivity contribution is 0.0692. The molecular weight excluding hydrogens is 334 g/mol. The molecule has 4 nitrogen and oxygen atoms in total. The van der Waals surface area contributed by atoms with Gasteiger partial charge in [-0.25, -0.2) is 4.79 Å². The minimum atomic E-state index is -0.985. The molecule has 0 heterocycles. The van der Waals surface area contributed by atoms with Gasteiger partial charge in [-0.15, -0.1) is 0 Å². The van der Waals surface area contributed by atoms with Crippen LogP contribution in [0.15, 0.2) is 46.9 Å². The maximum absolute atomic E-state index is 11.1. The van der Waals surface area contributed by atoms with Crippen LogP contribution in [0.5, 0.6) is 5.75 Å². The Morgan fingerprint density at radius 2 is 2.05 bits per heavy atom. The Bertz CT molecular complexity index is 643. The summed E-state index contributed by atoms with van der Waals surface area (Å²) < 4.78 is 6.54. The molecule has 0 aliphatic rings. The highest BCUT2D eigenvalue weighted by atomic mass is 79.9. The van der Waals surface area contributed by atoms with E-state index in [4.69, 9.17) is 9.84 Å². The standard InChI is InChI=1S/C16H16BrNO3/c1-11-6-7-12(17)10-14(11)18-8-9-21-15-5-3-2-4-13(15)16(19)20/h2-7,10,18H,8-9H2,1H3,(H,19,20). The topological polar surface area (TPSA) is 58.6 Å². The van der Waals surface area contributed by atoms with E-state index in [1.54, 1.807) is 18.2 Å². The largest absolute Gasteiger partial charge is 0.491 e. The molecule has 110 valence electrons. The van der Waals surface area contributed by atoms with Gasteiger partial charge in [0, 0.05) is 16.7 Å². The maximum Gasteiger partial charge on any atom is 0.339 e. The first-order valence-electron chi connectivity index (χ1n) is 6.53. The Balaban J connectivity index is 1.91. The molecule has 0 saturated carbocycles. The lowest BCUT2D eigenvalue weighted by Crippen LogP contribution is -2.13. The van der Waals surface area contributed by atoms with Crippen molar-refractivity contribution < 1.29 is 14.6 Å². The summed E-state index contributed by atoms with van der Waals surface area (Å²) in [5.74, 6) is -0.598. The molecule has 2 N–H and O–H groups in total. The third-order valence-corrected chi connectivity index (χ3v) is 3.49. The van der Waals surface area contributed by atoms with Crippen LogP contribution in [0.4, 0.5) is 5.69 Å². The van der Waals surface area contributed by atoms with Crippen LogP contribution in [-0.2, 0) is 0 Å². The van der Waals surface area contributed by atoms with Gasteiger partial charge < -0.3 is 15.2 Å². The van der Waals surface area contributed by atoms with Crippen molar-refractivity contribution in [3.05, 3.63) is 58.1 Å². The normalized spacial score (nSPS) is 10.2. The van der Waals surface area contributed by atoms with E-state index in [0.717, 1.165) is 15.7 Å². The lowest BCUT2D eigenvalue weighted by atomic mass is 10.2. The van der Waals surface area contributed by atoms with Crippen molar-refractivity contribution in [2.45, 2.75) is 6.92 Å². The zero-order valence-corrected chi connectivity index (χ0v) is 13.2. The first kappa shape index (κ1) is 15.4. The number of carboxylic acids is 1. The number of hydrogen-bond acceptors (Lipinski definition) is 3. The predicted molar refractivity (Wildman–Crippen MR) is 86.3 cm³/mol. The number of anilines is 1. The molecule has 0 amide bonds. The number of carbonyl (C=O) groups is 1. The van der Waals surface area contributed by atoms with Gasteiger partial charge in [0.25, 0.3) is 0 Å². The number of carboxylic acid groups (broad SMARTS) is 1. The number of hydrogen-bond donors (Lipinski definition) is 2. The Labute approximate surface area is 131 Å². The molecule has 0 aliphatic heterocycles. The number of aryl methyl sites for hydroxylation is 1. The summed E-state index contributed by atoms with van der Waals surface area (Å²) in [4.78, 5) is 11.1. The molecule has 0 aromatic heterocycles. The molecular formula is C16H16BrNO3. The number of nitrogens with one attached hydrogen (secondary N) is 1. The number of para-hydroxylation sites is 1. The van der Waals surface area contributed by atoms with E-state index < -0.39 is 5.97 Å². The molecule has 21 heavy (non-hydrogen) atoms. The molecule has 0 bridgehead atoms. The van der Waals surface area contributed by atoms with Gasteiger partial charge in [-0.3, -0.25) is 0 Å². The fourth-order valence-corrected chi connectivity index (χ4v) is 2.26. The minimum Gasteiger partial charge on any atom is -0.491 e. The van der Waals surface area contributed by atoms with Crippen molar-refractivity contribution in [1.29, 1.82) is 0 Å². The average molecular weight is 350 g/mol. The minimum absolute atomic E-state index is 0.177. The number of benzene rings is 2. The van der Waals surface area contributed by atoms with Gasteiger partial charge in [-0.1, -0.05) is 34.1 Å². The summed E-state index contributed by atoms with van der Waals surface area (Å²) >= 11 is 3.43.